The van der Waals surface area contributed by atoms with Crippen molar-refractivity contribution in [2.24, 2.45) is 0 Å². The first-order valence-corrected chi connectivity index (χ1v) is 8.76. The van der Waals surface area contributed by atoms with E-state index in [-0.39, 0.29) is 6.09 Å². The van der Waals surface area contributed by atoms with Gasteiger partial charge in [0.25, 0.3) is 0 Å². The number of aromatic nitrogens is 1. The summed E-state index contributed by atoms with van der Waals surface area (Å²) in [6, 6.07) is 2.01. The van der Waals surface area contributed by atoms with Gasteiger partial charge in [0.1, 0.15) is 5.60 Å². The minimum Gasteiger partial charge on any atom is -0.444 e. The molecule has 5 heteroatoms. The highest BCUT2D eigenvalue weighted by Gasteiger charge is 2.25. The Balaban J connectivity index is 1.99. The molecule has 5 nitrogen and oxygen atoms in total. The fourth-order valence-electron chi connectivity index (χ4n) is 2.68. The van der Waals surface area contributed by atoms with E-state index in [9.17, 15) is 4.79 Å². The average molecular weight is 343 g/mol. The number of hydrogen-bond acceptors (Lipinski definition) is 3. The zero-order chi connectivity index (χ0) is 18.4. The van der Waals surface area contributed by atoms with E-state index in [2.05, 4.69) is 34.7 Å². The van der Waals surface area contributed by atoms with Crippen LogP contribution in [0.15, 0.2) is 30.1 Å². The number of hydrogen-bond donors (Lipinski definition) is 1. The molecule has 136 valence electrons. The molecule has 0 bridgehead atoms. The van der Waals surface area contributed by atoms with Crippen LogP contribution in [0.4, 0.5) is 4.79 Å². The number of nitrogens with zero attached hydrogens (tertiary/aromatic N) is 2. The normalized spacial score (nSPS) is 16.7. The first-order chi connectivity index (χ1) is 11.8. The highest BCUT2D eigenvalue weighted by atomic mass is 16.6. The molecule has 0 aromatic carbocycles. The number of carbonyl (C=O) groups excluding carboxylic acids is 1. The lowest BCUT2D eigenvalue weighted by Gasteiger charge is -2.37. The quantitative estimate of drug-likeness (QED) is 0.896. The zero-order valence-electron chi connectivity index (χ0n) is 15.9. The van der Waals surface area contributed by atoms with Crippen molar-refractivity contribution < 1.29 is 9.53 Å². The Labute approximate surface area is 150 Å². The molecule has 1 aliphatic rings. The van der Waals surface area contributed by atoms with Gasteiger partial charge in [0, 0.05) is 43.3 Å². The van der Waals surface area contributed by atoms with Gasteiger partial charge in [0.2, 0.25) is 0 Å². The number of carbonyl (C=O) groups is 1. The Morgan fingerprint density at radius 1 is 1.24 bits per heavy atom. The molecule has 1 amide bonds. The predicted octanol–water partition coefficient (Wildman–Crippen LogP) is 2.21. The molecule has 1 aromatic rings. The number of amides is 1. The van der Waals surface area contributed by atoms with Crippen molar-refractivity contribution in [1.82, 2.24) is 14.8 Å². The van der Waals surface area contributed by atoms with Gasteiger partial charge in [-0.2, -0.15) is 0 Å². The summed E-state index contributed by atoms with van der Waals surface area (Å²) in [5, 5.41) is 2.10. The molecular weight excluding hydrogens is 314 g/mol. The second-order valence-electron chi connectivity index (χ2n) is 7.17. The summed E-state index contributed by atoms with van der Waals surface area (Å²) < 4.78 is 5.44. The Morgan fingerprint density at radius 2 is 1.88 bits per heavy atom. The van der Waals surface area contributed by atoms with E-state index in [0.29, 0.717) is 13.1 Å². The van der Waals surface area contributed by atoms with E-state index < -0.39 is 5.60 Å². The standard InChI is InChI=1S/C20H29N3O2/c1-6-7-17-10-11-21-18(17)9-8-16(2)22-12-14-23(15-13-22)19(24)25-20(3,4)5/h6,8-11,21H,12-15H2,1-5H3/b16-8+,18-9+. The molecule has 1 aromatic heterocycles. The van der Waals surface area contributed by atoms with Crippen LogP contribution in [0, 0.1) is 0 Å². The third-order valence-corrected chi connectivity index (χ3v) is 4.00. The van der Waals surface area contributed by atoms with Gasteiger partial charge in [-0.25, -0.2) is 4.79 Å². The van der Waals surface area contributed by atoms with Crippen LogP contribution in [-0.2, 0) is 4.74 Å². The van der Waals surface area contributed by atoms with E-state index in [0.717, 1.165) is 23.7 Å². The highest BCUT2D eigenvalue weighted by Crippen LogP contribution is 2.14. The Hall–Kier alpha value is -2.39. The van der Waals surface area contributed by atoms with Crippen molar-refractivity contribution >= 4 is 17.9 Å². The summed E-state index contributed by atoms with van der Waals surface area (Å²) in [7, 11) is 0. The van der Waals surface area contributed by atoms with Gasteiger partial charge < -0.3 is 19.5 Å². The summed E-state index contributed by atoms with van der Waals surface area (Å²) in [5.41, 5.74) is 3.95. The summed E-state index contributed by atoms with van der Waals surface area (Å²) in [4.78, 5) is 19.4. The number of aromatic amines is 1. The van der Waals surface area contributed by atoms with Gasteiger partial charge in [-0.3, -0.25) is 0 Å². The zero-order valence-corrected chi connectivity index (χ0v) is 15.9. The van der Waals surface area contributed by atoms with Gasteiger partial charge in [-0.05, 0) is 58.9 Å². The van der Waals surface area contributed by atoms with Crippen LogP contribution >= 0.6 is 0 Å². The van der Waals surface area contributed by atoms with Crippen LogP contribution in [0.2, 0.25) is 0 Å². The van der Waals surface area contributed by atoms with Crippen molar-refractivity contribution in [3.05, 3.63) is 40.7 Å². The lowest BCUT2D eigenvalue weighted by Crippen LogP contribution is -2.49. The van der Waals surface area contributed by atoms with Crippen LogP contribution in [0.5, 0.6) is 0 Å². The SMILES string of the molecule is CC=C=c1cc[nH]/c1=C/C=C(\C)N1CCN(C(=O)OC(C)(C)C)CC1. The van der Waals surface area contributed by atoms with Crippen molar-refractivity contribution in [3.63, 3.8) is 0 Å². The predicted molar refractivity (Wildman–Crippen MR) is 101 cm³/mol. The Morgan fingerprint density at radius 3 is 2.48 bits per heavy atom. The lowest BCUT2D eigenvalue weighted by atomic mass is 10.2. The van der Waals surface area contributed by atoms with Crippen LogP contribution in [-0.4, -0.2) is 52.7 Å². The van der Waals surface area contributed by atoms with Crippen molar-refractivity contribution in [3.8, 4) is 0 Å². The molecular formula is C20H29N3O2. The average Bonchev–Trinajstić information content (AvgIpc) is 2.99. The molecule has 1 aliphatic heterocycles. The number of rotatable bonds is 2. The Kier molecular flexibility index (Phi) is 6.16. The third kappa shape index (κ3) is 5.57. The number of ether oxygens (including phenoxy) is 1. The monoisotopic (exact) mass is 343 g/mol. The molecule has 1 fully saturated rings. The molecule has 0 atom stereocenters. The number of H-pyrrole nitrogens is 1. The molecule has 0 radical (unpaired) electrons. The number of allylic oxidation sites excluding steroid dienone is 3. The minimum atomic E-state index is -0.448. The summed E-state index contributed by atoms with van der Waals surface area (Å²) in [6.45, 7) is 12.7. The topological polar surface area (TPSA) is 48.6 Å². The van der Waals surface area contributed by atoms with E-state index >= 15 is 0 Å². The largest absolute Gasteiger partial charge is 0.444 e. The van der Waals surface area contributed by atoms with E-state index in [1.807, 2.05) is 46.0 Å². The maximum Gasteiger partial charge on any atom is 0.410 e. The molecule has 1 N–H and O–H groups in total. The second kappa shape index (κ2) is 8.13. The molecule has 2 rings (SSSR count). The number of nitrogens with one attached hydrogen (secondary N) is 1. The van der Waals surface area contributed by atoms with Gasteiger partial charge >= 0.3 is 6.09 Å². The first-order valence-electron chi connectivity index (χ1n) is 8.76. The molecule has 2 heterocycles. The van der Waals surface area contributed by atoms with Crippen LogP contribution in [0.1, 0.15) is 34.6 Å². The fraction of sp³-hybridized carbons (Fsp3) is 0.500. The highest BCUT2D eigenvalue weighted by molar-refractivity contribution is 5.68. The van der Waals surface area contributed by atoms with Crippen LogP contribution in [0.25, 0.3) is 11.8 Å². The molecule has 0 aliphatic carbocycles. The molecule has 0 saturated carbocycles. The van der Waals surface area contributed by atoms with Gasteiger partial charge in [-0.1, -0.05) is 0 Å². The second-order valence-corrected chi connectivity index (χ2v) is 7.17. The van der Waals surface area contributed by atoms with Crippen molar-refractivity contribution in [2.75, 3.05) is 26.2 Å². The summed E-state index contributed by atoms with van der Waals surface area (Å²) >= 11 is 0. The van der Waals surface area contributed by atoms with Crippen LogP contribution in [0.3, 0.4) is 0 Å². The van der Waals surface area contributed by atoms with Gasteiger partial charge in [-0.15, -0.1) is 5.73 Å². The maximum atomic E-state index is 12.1. The van der Waals surface area contributed by atoms with E-state index in [1.54, 1.807) is 4.90 Å². The smallest absolute Gasteiger partial charge is 0.410 e. The van der Waals surface area contributed by atoms with Gasteiger partial charge in [0.15, 0.2) is 0 Å². The van der Waals surface area contributed by atoms with Crippen LogP contribution < -0.4 is 10.6 Å². The lowest BCUT2D eigenvalue weighted by molar-refractivity contribution is 0.0169. The van der Waals surface area contributed by atoms with Gasteiger partial charge in [0.05, 0.1) is 5.35 Å². The summed E-state index contributed by atoms with van der Waals surface area (Å²) in [6.07, 6.45) is 7.78. The maximum absolute atomic E-state index is 12.1. The summed E-state index contributed by atoms with van der Waals surface area (Å²) in [5.74, 6) is 0. The molecule has 0 unspecified atom stereocenters. The fourth-order valence-corrected chi connectivity index (χ4v) is 2.68. The number of piperazine rings is 1. The third-order valence-electron chi connectivity index (χ3n) is 4.00. The molecule has 1 saturated heterocycles. The van der Waals surface area contributed by atoms with Crippen molar-refractivity contribution in [2.45, 2.75) is 40.2 Å². The van der Waals surface area contributed by atoms with Crippen molar-refractivity contribution in [1.29, 1.82) is 0 Å². The first kappa shape index (κ1) is 18.9. The van der Waals surface area contributed by atoms with E-state index in [1.165, 1.54) is 5.70 Å². The minimum absolute atomic E-state index is 0.224. The molecule has 25 heavy (non-hydrogen) atoms. The van der Waals surface area contributed by atoms with E-state index in [4.69, 9.17) is 4.74 Å². The Bertz CT molecular complexity index is 769. The molecule has 0 spiro atoms.